The maximum absolute atomic E-state index is 5.42. The summed E-state index contributed by atoms with van der Waals surface area (Å²) < 4.78 is 0. The zero-order chi connectivity index (χ0) is 6.85. The van der Waals surface area contributed by atoms with Crippen molar-refractivity contribution in [3.8, 4) is 0 Å². The second-order valence-corrected chi connectivity index (χ2v) is 1.98. The van der Waals surface area contributed by atoms with Gasteiger partial charge in [-0.2, -0.15) is 0 Å². The van der Waals surface area contributed by atoms with Crippen LogP contribution in [0.4, 0.5) is 5.82 Å². The van der Waals surface area contributed by atoms with Crippen LogP contribution in [0.5, 0.6) is 0 Å². The highest BCUT2D eigenvalue weighted by atomic mass is 14.9. The fourth-order valence-corrected chi connectivity index (χ4v) is 0.607. The van der Waals surface area contributed by atoms with Gasteiger partial charge in [-0.25, -0.2) is 4.98 Å². The highest BCUT2D eigenvalue weighted by Crippen LogP contribution is 1.78. The van der Waals surface area contributed by atoms with Gasteiger partial charge in [-0.15, -0.1) is 0 Å². The summed E-state index contributed by atoms with van der Waals surface area (Å²) in [7, 11) is 3.73. The van der Waals surface area contributed by atoms with Crippen molar-refractivity contribution in [1.29, 1.82) is 0 Å². The molecule has 0 aromatic carbocycles. The first-order valence-corrected chi connectivity index (χ1v) is 2.76. The van der Waals surface area contributed by atoms with Gasteiger partial charge in [0, 0.05) is 17.4 Å². The molecular weight excluding hydrogens is 112 g/mol. The van der Waals surface area contributed by atoms with Crippen molar-refractivity contribution in [2.75, 3.05) is 5.73 Å². The van der Waals surface area contributed by atoms with Crippen LogP contribution < -0.4 is 16.9 Å². The molecule has 0 aliphatic carbocycles. The Labute approximate surface area is 55.5 Å². The van der Waals surface area contributed by atoms with Crippen molar-refractivity contribution in [3.05, 3.63) is 6.20 Å². The molecule has 0 saturated heterocycles. The summed E-state index contributed by atoms with van der Waals surface area (Å²) in [5.74, 6) is 0.514. The first kappa shape index (κ1) is 6.13. The normalized spacial score (nSPS) is 9.33. The van der Waals surface area contributed by atoms with Crippen LogP contribution in [0.3, 0.4) is 0 Å². The Hall–Kier alpha value is -0.990. The highest BCUT2D eigenvalue weighted by Gasteiger charge is 1.92. The van der Waals surface area contributed by atoms with E-state index in [2.05, 4.69) is 9.97 Å². The van der Waals surface area contributed by atoms with E-state index in [0.29, 0.717) is 5.82 Å². The van der Waals surface area contributed by atoms with E-state index in [1.807, 2.05) is 15.7 Å². The third-order valence-corrected chi connectivity index (χ3v) is 1.11. The number of nitrogen functional groups attached to an aromatic ring is 1. The van der Waals surface area contributed by atoms with Gasteiger partial charge in [-0.05, 0) is 0 Å². The Morgan fingerprint density at radius 3 is 2.56 bits per heavy atom. The van der Waals surface area contributed by atoms with E-state index < -0.39 is 0 Å². The molecule has 1 rings (SSSR count). The fraction of sp³-hybridized carbons (Fsp3) is 0. The lowest BCUT2D eigenvalue weighted by Crippen LogP contribution is -2.25. The van der Waals surface area contributed by atoms with E-state index >= 15 is 0 Å². The smallest absolute Gasteiger partial charge is 0.168 e. The van der Waals surface area contributed by atoms with Crippen LogP contribution in [0.1, 0.15) is 0 Å². The third kappa shape index (κ3) is 1.22. The van der Waals surface area contributed by atoms with Crippen LogP contribution in [-0.2, 0) is 0 Å². The molecular formula is C4H7B2N3. The molecule has 0 spiro atoms. The molecule has 2 N–H and O–H groups in total. The Kier molecular flexibility index (Phi) is 1.42. The second kappa shape index (κ2) is 2.09. The summed E-state index contributed by atoms with van der Waals surface area (Å²) >= 11 is 0. The molecule has 0 aliphatic heterocycles. The van der Waals surface area contributed by atoms with E-state index in [1.165, 1.54) is 0 Å². The predicted molar refractivity (Wildman–Crippen MR) is 42.8 cm³/mol. The Morgan fingerprint density at radius 2 is 2.11 bits per heavy atom. The summed E-state index contributed by atoms with van der Waals surface area (Å²) in [5.41, 5.74) is 7.12. The van der Waals surface area contributed by atoms with Crippen LogP contribution in [0.25, 0.3) is 0 Å². The van der Waals surface area contributed by atoms with Gasteiger partial charge < -0.3 is 5.73 Å². The van der Waals surface area contributed by atoms with Crippen LogP contribution in [0, 0.1) is 0 Å². The van der Waals surface area contributed by atoms with Crippen LogP contribution >= 0.6 is 0 Å². The molecule has 0 unspecified atom stereocenters. The maximum atomic E-state index is 5.42. The second-order valence-electron chi connectivity index (χ2n) is 1.98. The Balaban J connectivity index is 3.17. The fourth-order valence-electron chi connectivity index (χ4n) is 0.607. The van der Waals surface area contributed by atoms with Gasteiger partial charge in [0.15, 0.2) is 15.7 Å². The van der Waals surface area contributed by atoms with Crippen LogP contribution in [0.15, 0.2) is 6.20 Å². The number of anilines is 1. The van der Waals surface area contributed by atoms with Gasteiger partial charge in [-0.3, -0.25) is 4.98 Å². The molecule has 0 bridgehead atoms. The summed E-state index contributed by atoms with van der Waals surface area (Å²) in [6.07, 6.45) is 1.66. The van der Waals surface area contributed by atoms with Crippen molar-refractivity contribution < 1.29 is 0 Å². The first-order valence-electron chi connectivity index (χ1n) is 2.76. The van der Waals surface area contributed by atoms with E-state index in [-0.39, 0.29) is 0 Å². The summed E-state index contributed by atoms with van der Waals surface area (Å²) in [6, 6.07) is 0. The van der Waals surface area contributed by atoms with Crippen molar-refractivity contribution >= 4 is 32.7 Å². The minimum absolute atomic E-state index is 0.514. The molecule has 44 valence electrons. The van der Waals surface area contributed by atoms with Crippen molar-refractivity contribution in [2.45, 2.75) is 0 Å². The van der Waals surface area contributed by atoms with E-state index in [0.717, 1.165) is 11.2 Å². The van der Waals surface area contributed by atoms with E-state index in [1.54, 1.807) is 6.20 Å². The van der Waals surface area contributed by atoms with Gasteiger partial charge in [0.05, 0.1) is 0 Å². The standard InChI is InChI=1S/C4H7B2N3/c5-2-1-8-4(7)3(6)9-2/h1H,5-6H2,(H2,7,8). The van der Waals surface area contributed by atoms with Crippen LogP contribution in [-0.4, -0.2) is 25.7 Å². The highest BCUT2D eigenvalue weighted by molar-refractivity contribution is 6.36. The monoisotopic (exact) mass is 119 g/mol. The van der Waals surface area contributed by atoms with E-state index in [9.17, 15) is 0 Å². The number of rotatable bonds is 0. The SMILES string of the molecule is Bc1cnc(N)c(B)n1. The predicted octanol–water partition coefficient (Wildman–Crippen LogP) is -3.42. The summed E-state index contributed by atoms with van der Waals surface area (Å²) in [4.78, 5) is 7.98. The van der Waals surface area contributed by atoms with Gasteiger partial charge in [-0.1, -0.05) is 0 Å². The van der Waals surface area contributed by atoms with Crippen molar-refractivity contribution in [2.24, 2.45) is 0 Å². The quantitative estimate of drug-likeness (QED) is 0.361. The maximum Gasteiger partial charge on any atom is 0.168 e. The number of nitrogens with zero attached hydrogens (tertiary/aromatic N) is 2. The van der Waals surface area contributed by atoms with Gasteiger partial charge in [0.25, 0.3) is 0 Å². The van der Waals surface area contributed by atoms with Gasteiger partial charge in [0.2, 0.25) is 0 Å². The molecule has 0 saturated carbocycles. The topological polar surface area (TPSA) is 51.8 Å². The molecule has 3 nitrogen and oxygen atoms in total. The summed E-state index contributed by atoms with van der Waals surface area (Å²) in [6.45, 7) is 0. The van der Waals surface area contributed by atoms with Crippen molar-refractivity contribution in [1.82, 2.24) is 9.97 Å². The summed E-state index contributed by atoms with van der Waals surface area (Å²) in [5, 5.41) is 0. The van der Waals surface area contributed by atoms with Crippen molar-refractivity contribution in [3.63, 3.8) is 0 Å². The molecule has 0 atom stereocenters. The molecule has 9 heavy (non-hydrogen) atoms. The average Bonchev–Trinajstić information content (AvgIpc) is 1.80. The minimum Gasteiger partial charge on any atom is -0.383 e. The van der Waals surface area contributed by atoms with Crippen LogP contribution in [0.2, 0.25) is 0 Å². The van der Waals surface area contributed by atoms with Gasteiger partial charge in [0.1, 0.15) is 5.82 Å². The third-order valence-electron chi connectivity index (χ3n) is 1.11. The lowest BCUT2D eigenvalue weighted by Gasteiger charge is -1.96. The van der Waals surface area contributed by atoms with Gasteiger partial charge >= 0.3 is 0 Å². The first-order chi connectivity index (χ1) is 4.20. The molecule has 0 fully saturated rings. The lowest BCUT2D eigenvalue weighted by molar-refractivity contribution is 1.29. The Bertz CT molecular complexity index is 225. The zero-order valence-electron chi connectivity index (χ0n) is 5.55. The molecule has 1 heterocycles. The zero-order valence-corrected chi connectivity index (χ0v) is 5.55. The molecule has 0 aliphatic rings. The number of hydrogen-bond acceptors (Lipinski definition) is 3. The Morgan fingerprint density at radius 1 is 1.44 bits per heavy atom. The molecule has 1 aromatic heterocycles. The number of hydrogen-bond donors (Lipinski definition) is 1. The molecule has 0 amide bonds. The molecule has 0 radical (unpaired) electrons. The average molecular weight is 119 g/mol. The number of nitrogens with two attached hydrogens (primary N) is 1. The molecule has 1 aromatic rings. The lowest BCUT2D eigenvalue weighted by atomic mass is 10.0. The minimum atomic E-state index is 0.514. The molecule has 5 heteroatoms. The van der Waals surface area contributed by atoms with E-state index in [4.69, 9.17) is 5.73 Å². The largest absolute Gasteiger partial charge is 0.383 e. The number of aromatic nitrogens is 2.